The van der Waals surface area contributed by atoms with Gasteiger partial charge >= 0.3 is 0 Å². The van der Waals surface area contributed by atoms with Gasteiger partial charge in [-0.25, -0.2) is 0 Å². The summed E-state index contributed by atoms with van der Waals surface area (Å²) in [5.74, 6) is 0.412. The van der Waals surface area contributed by atoms with Crippen LogP contribution in [0.3, 0.4) is 0 Å². The molecule has 1 heteroatoms. The molecule has 0 amide bonds. The highest BCUT2D eigenvalue weighted by Gasteiger charge is 2.35. The lowest BCUT2D eigenvalue weighted by atomic mass is 9.85. The van der Waals surface area contributed by atoms with Crippen LogP contribution in [0.5, 0.6) is 0 Å². The Morgan fingerprint density at radius 2 is 1.94 bits per heavy atom. The van der Waals surface area contributed by atoms with Crippen LogP contribution in [0.15, 0.2) is 48.6 Å². The van der Waals surface area contributed by atoms with Gasteiger partial charge in [-0.2, -0.15) is 0 Å². The van der Waals surface area contributed by atoms with Crippen LogP contribution in [-0.2, 0) is 4.74 Å². The highest BCUT2D eigenvalue weighted by atomic mass is 16.5. The highest BCUT2D eigenvalue weighted by molar-refractivity contribution is 5.71. The zero-order valence-corrected chi connectivity index (χ0v) is 10.4. The summed E-state index contributed by atoms with van der Waals surface area (Å²) in [6, 6.07) is 10.6. The summed E-state index contributed by atoms with van der Waals surface area (Å²) in [5.41, 5.74) is 2.85. The van der Waals surface area contributed by atoms with Gasteiger partial charge < -0.3 is 4.74 Å². The molecule has 0 spiro atoms. The van der Waals surface area contributed by atoms with Gasteiger partial charge in [0.1, 0.15) is 0 Å². The first kappa shape index (κ1) is 10.8. The van der Waals surface area contributed by atoms with Crippen LogP contribution < -0.4 is 0 Å². The smallest absolute Gasteiger partial charge is 0.0847 e. The van der Waals surface area contributed by atoms with Gasteiger partial charge in [0.2, 0.25) is 0 Å². The van der Waals surface area contributed by atoms with Gasteiger partial charge in [-0.15, -0.1) is 0 Å². The molecule has 0 fully saturated rings. The van der Waals surface area contributed by atoms with E-state index in [1.165, 1.54) is 11.1 Å². The Morgan fingerprint density at radius 1 is 1.18 bits per heavy atom. The highest BCUT2D eigenvalue weighted by Crippen LogP contribution is 2.40. The molecule has 2 heterocycles. The van der Waals surface area contributed by atoms with E-state index in [1.807, 2.05) is 0 Å². The van der Waals surface area contributed by atoms with E-state index < -0.39 is 0 Å². The van der Waals surface area contributed by atoms with E-state index in [4.69, 9.17) is 4.74 Å². The SMILES string of the molecule is CC1(C)C=CC2COC1C=C2c1ccccc1. The minimum absolute atomic E-state index is 0.102. The molecule has 0 N–H and O–H groups in total. The van der Waals surface area contributed by atoms with Crippen molar-refractivity contribution in [1.82, 2.24) is 0 Å². The van der Waals surface area contributed by atoms with Crippen molar-refractivity contribution < 1.29 is 4.74 Å². The Balaban J connectivity index is 2.06. The second-order valence-electron chi connectivity index (χ2n) is 5.53. The standard InChI is InChI=1S/C16H18O/c1-16(2)9-8-13-11-17-15(16)10-14(13)12-6-4-3-5-7-12/h3-10,13,15H,11H2,1-2H3. The lowest BCUT2D eigenvalue weighted by molar-refractivity contribution is 0.0213. The van der Waals surface area contributed by atoms with Gasteiger partial charge in [-0.1, -0.05) is 62.4 Å². The Kier molecular flexibility index (Phi) is 2.44. The van der Waals surface area contributed by atoms with Crippen molar-refractivity contribution in [1.29, 1.82) is 0 Å². The summed E-state index contributed by atoms with van der Waals surface area (Å²) in [7, 11) is 0. The quantitative estimate of drug-likeness (QED) is 0.664. The number of hydrogen-bond acceptors (Lipinski definition) is 1. The van der Waals surface area contributed by atoms with Crippen LogP contribution >= 0.6 is 0 Å². The Morgan fingerprint density at radius 3 is 2.71 bits per heavy atom. The van der Waals surface area contributed by atoms with E-state index in [0.717, 1.165) is 6.61 Å². The molecule has 3 aliphatic rings. The summed E-state index contributed by atoms with van der Waals surface area (Å²) < 4.78 is 5.93. The largest absolute Gasteiger partial charge is 0.372 e. The molecule has 1 aliphatic carbocycles. The maximum absolute atomic E-state index is 5.93. The first-order chi connectivity index (χ1) is 8.17. The maximum Gasteiger partial charge on any atom is 0.0847 e. The maximum atomic E-state index is 5.93. The zero-order chi connectivity index (χ0) is 11.9. The molecule has 0 saturated heterocycles. The van der Waals surface area contributed by atoms with Crippen LogP contribution in [0.4, 0.5) is 0 Å². The van der Waals surface area contributed by atoms with Crippen molar-refractivity contribution in [3.63, 3.8) is 0 Å². The van der Waals surface area contributed by atoms with E-state index >= 15 is 0 Å². The molecule has 0 saturated carbocycles. The minimum atomic E-state index is 0.102. The first-order valence-electron chi connectivity index (χ1n) is 6.25. The van der Waals surface area contributed by atoms with Crippen LogP contribution in [-0.4, -0.2) is 12.7 Å². The van der Waals surface area contributed by atoms with Gasteiger partial charge in [-0.05, 0) is 11.1 Å². The van der Waals surface area contributed by atoms with Crippen molar-refractivity contribution in [2.75, 3.05) is 6.61 Å². The van der Waals surface area contributed by atoms with E-state index in [9.17, 15) is 0 Å². The molecule has 1 nitrogen and oxygen atoms in total. The second-order valence-corrected chi connectivity index (χ2v) is 5.53. The third-order valence-electron chi connectivity index (χ3n) is 3.78. The van der Waals surface area contributed by atoms with Crippen LogP contribution in [0.2, 0.25) is 0 Å². The normalized spacial score (nSPS) is 29.9. The summed E-state index contributed by atoms with van der Waals surface area (Å²) in [4.78, 5) is 0. The zero-order valence-electron chi connectivity index (χ0n) is 10.4. The number of benzene rings is 1. The number of ether oxygens (including phenoxy) is 1. The van der Waals surface area contributed by atoms with Crippen LogP contribution in [0, 0.1) is 11.3 Å². The van der Waals surface area contributed by atoms with Crippen molar-refractivity contribution in [3.8, 4) is 0 Å². The molecule has 1 aromatic carbocycles. The molecule has 2 unspecified atom stereocenters. The van der Waals surface area contributed by atoms with Crippen molar-refractivity contribution in [3.05, 3.63) is 54.1 Å². The van der Waals surface area contributed by atoms with E-state index in [0.29, 0.717) is 5.92 Å². The molecule has 2 aliphatic heterocycles. The van der Waals surface area contributed by atoms with Gasteiger partial charge in [-0.3, -0.25) is 0 Å². The molecule has 17 heavy (non-hydrogen) atoms. The fraction of sp³-hybridized carbons (Fsp3) is 0.375. The van der Waals surface area contributed by atoms with E-state index in [1.54, 1.807) is 0 Å². The third kappa shape index (κ3) is 1.85. The Hall–Kier alpha value is -1.34. The number of rotatable bonds is 1. The second kappa shape index (κ2) is 3.85. The molecule has 0 radical (unpaired) electrons. The Bertz CT molecular complexity index is 468. The number of fused-ring (bicyclic) bond motifs is 2. The molecule has 4 rings (SSSR count). The van der Waals surface area contributed by atoms with E-state index in [2.05, 4.69) is 62.4 Å². The molecule has 2 bridgehead atoms. The van der Waals surface area contributed by atoms with Gasteiger partial charge in [0.15, 0.2) is 0 Å². The summed E-state index contributed by atoms with van der Waals surface area (Å²) >= 11 is 0. The third-order valence-corrected chi connectivity index (χ3v) is 3.78. The molecular formula is C16H18O. The fourth-order valence-corrected chi connectivity index (χ4v) is 2.62. The molecule has 88 valence electrons. The topological polar surface area (TPSA) is 9.23 Å². The fourth-order valence-electron chi connectivity index (χ4n) is 2.62. The average molecular weight is 226 g/mol. The predicted octanol–water partition coefficient (Wildman–Crippen LogP) is 3.68. The van der Waals surface area contributed by atoms with Crippen molar-refractivity contribution >= 4 is 5.57 Å². The summed E-state index contributed by atoms with van der Waals surface area (Å²) in [6.07, 6.45) is 7.13. The lowest BCUT2D eigenvalue weighted by Gasteiger charge is -2.32. The van der Waals surface area contributed by atoms with Gasteiger partial charge in [0, 0.05) is 11.3 Å². The van der Waals surface area contributed by atoms with Gasteiger partial charge in [0.05, 0.1) is 12.7 Å². The molecule has 2 atom stereocenters. The summed E-state index contributed by atoms with van der Waals surface area (Å²) in [6.45, 7) is 5.29. The molecule has 0 aromatic heterocycles. The average Bonchev–Trinajstić information content (AvgIpc) is 2.58. The number of hydrogen-bond donors (Lipinski definition) is 0. The van der Waals surface area contributed by atoms with E-state index in [-0.39, 0.29) is 11.5 Å². The molecule has 1 aromatic rings. The van der Waals surface area contributed by atoms with Crippen LogP contribution in [0.1, 0.15) is 19.4 Å². The molecular weight excluding hydrogens is 208 g/mol. The van der Waals surface area contributed by atoms with Crippen molar-refractivity contribution in [2.45, 2.75) is 20.0 Å². The van der Waals surface area contributed by atoms with Crippen LogP contribution in [0.25, 0.3) is 5.57 Å². The van der Waals surface area contributed by atoms with Crippen molar-refractivity contribution in [2.24, 2.45) is 11.3 Å². The monoisotopic (exact) mass is 226 g/mol. The first-order valence-corrected chi connectivity index (χ1v) is 6.25. The summed E-state index contributed by atoms with van der Waals surface area (Å²) in [5, 5.41) is 0. The van der Waals surface area contributed by atoms with Gasteiger partial charge in [0.25, 0.3) is 0 Å². The minimum Gasteiger partial charge on any atom is -0.372 e. The predicted molar refractivity (Wildman–Crippen MR) is 70.6 cm³/mol. The Labute approximate surface area is 103 Å². The lowest BCUT2D eigenvalue weighted by Crippen LogP contribution is -2.31.